The Bertz CT molecular complexity index is 390. The molecule has 0 amide bonds. The predicted molar refractivity (Wildman–Crippen MR) is 92.4 cm³/mol. The number of aryl methyl sites for hydroxylation is 1. The lowest BCUT2D eigenvalue weighted by Crippen LogP contribution is -2.32. The Balaban J connectivity index is 1.81. The maximum Gasteiger partial charge on any atom is 0.0174 e. The van der Waals surface area contributed by atoms with Crippen LogP contribution in [0.2, 0.25) is 0 Å². The van der Waals surface area contributed by atoms with Crippen LogP contribution in [0.1, 0.15) is 58.4 Å². The van der Waals surface area contributed by atoms with Gasteiger partial charge in [-0.05, 0) is 61.3 Å². The van der Waals surface area contributed by atoms with E-state index < -0.39 is 0 Å². The number of benzene rings is 1. The minimum atomic E-state index is 0.477. The lowest BCUT2D eigenvalue weighted by Gasteiger charge is -2.40. The summed E-state index contributed by atoms with van der Waals surface area (Å²) in [6.45, 7) is 7.23. The van der Waals surface area contributed by atoms with E-state index in [4.69, 9.17) is 0 Å². The molecule has 1 aromatic carbocycles. The number of alkyl halides is 1. The van der Waals surface area contributed by atoms with Crippen molar-refractivity contribution in [1.82, 2.24) is 0 Å². The Morgan fingerprint density at radius 3 is 2.45 bits per heavy atom. The maximum absolute atomic E-state index is 3.94. The molecule has 0 bridgehead atoms. The average molecular weight is 337 g/mol. The molecule has 1 aliphatic rings. The first kappa shape index (κ1) is 16.1. The van der Waals surface area contributed by atoms with Crippen LogP contribution < -0.4 is 0 Å². The Kier molecular flexibility index (Phi) is 5.72. The highest BCUT2D eigenvalue weighted by atomic mass is 79.9. The van der Waals surface area contributed by atoms with E-state index in [9.17, 15) is 0 Å². The molecule has 2 rings (SSSR count). The normalized spacial score (nSPS) is 27.5. The number of halogens is 1. The van der Waals surface area contributed by atoms with Crippen LogP contribution in [0.15, 0.2) is 30.3 Å². The minimum absolute atomic E-state index is 0.477. The van der Waals surface area contributed by atoms with E-state index in [0.717, 1.165) is 16.7 Å². The van der Waals surface area contributed by atoms with E-state index in [-0.39, 0.29) is 0 Å². The van der Waals surface area contributed by atoms with Gasteiger partial charge in [-0.25, -0.2) is 0 Å². The molecule has 1 heteroatoms. The third kappa shape index (κ3) is 4.62. The molecule has 0 N–H and O–H groups in total. The second-order valence-electron chi connectivity index (χ2n) is 7.53. The predicted octanol–water partition coefficient (Wildman–Crippen LogP) is 6.24. The Hall–Kier alpha value is -0.300. The quantitative estimate of drug-likeness (QED) is 0.571. The minimum Gasteiger partial charge on any atom is -0.0888 e. The van der Waals surface area contributed by atoms with Crippen molar-refractivity contribution in [2.24, 2.45) is 17.3 Å². The summed E-state index contributed by atoms with van der Waals surface area (Å²) >= 11 is 3.94. The highest BCUT2D eigenvalue weighted by molar-refractivity contribution is 9.09. The van der Waals surface area contributed by atoms with E-state index in [0.29, 0.717) is 5.41 Å². The van der Waals surface area contributed by atoms with E-state index >= 15 is 0 Å². The molecule has 0 radical (unpaired) electrons. The van der Waals surface area contributed by atoms with Crippen molar-refractivity contribution in [3.05, 3.63) is 35.9 Å². The van der Waals surface area contributed by atoms with Gasteiger partial charge in [0.25, 0.3) is 0 Å². The Labute approximate surface area is 133 Å². The summed E-state index contributed by atoms with van der Waals surface area (Å²) in [6, 6.07) is 10.9. The SMILES string of the molecule is CC(C)(C)C1CCC(Br)C(CCCc2ccccc2)C1. The molecule has 0 heterocycles. The molecule has 20 heavy (non-hydrogen) atoms. The topological polar surface area (TPSA) is 0 Å². The average Bonchev–Trinajstić information content (AvgIpc) is 2.41. The van der Waals surface area contributed by atoms with Crippen LogP contribution in [0.4, 0.5) is 0 Å². The van der Waals surface area contributed by atoms with Crippen molar-refractivity contribution < 1.29 is 0 Å². The first-order chi connectivity index (χ1) is 9.47. The van der Waals surface area contributed by atoms with Gasteiger partial charge in [-0.15, -0.1) is 0 Å². The highest BCUT2D eigenvalue weighted by Gasteiger charge is 2.34. The zero-order valence-corrected chi connectivity index (χ0v) is 14.8. The van der Waals surface area contributed by atoms with Crippen LogP contribution in [0, 0.1) is 17.3 Å². The fraction of sp³-hybridized carbons (Fsp3) is 0.684. The molecule has 0 aromatic heterocycles. The summed E-state index contributed by atoms with van der Waals surface area (Å²) in [5.74, 6) is 1.77. The lowest BCUT2D eigenvalue weighted by atomic mass is 9.68. The first-order valence-electron chi connectivity index (χ1n) is 8.15. The zero-order valence-electron chi connectivity index (χ0n) is 13.2. The fourth-order valence-corrected chi connectivity index (χ4v) is 4.27. The lowest BCUT2D eigenvalue weighted by molar-refractivity contribution is 0.142. The largest absolute Gasteiger partial charge is 0.0888 e. The second-order valence-corrected chi connectivity index (χ2v) is 8.71. The molecule has 1 aromatic rings. The molecule has 1 fully saturated rings. The van der Waals surface area contributed by atoms with Crippen LogP contribution in [0.25, 0.3) is 0 Å². The van der Waals surface area contributed by atoms with E-state index in [2.05, 4.69) is 67.0 Å². The molecule has 3 atom stereocenters. The molecular weight excluding hydrogens is 308 g/mol. The molecule has 1 saturated carbocycles. The summed E-state index contributed by atoms with van der Waals surface area (Å²) < 4.78 is 0. The summed E-state index contributed by atoms with van der Waals surface area (Å²) in [5, 5.41) is 0. The van der Waals surface area contributed by atoms with Crippen molar-refractivity contribution >= 4 is 15.9 Å². The van der Waals surface area contributed by atoms with Crippen LogP contribution >= 0.6 is 15.9 Å². The van der Waals surface area contributed by atoms with Crippen LogP contribution in [-0.4, -0.2) is 4.83 Å². The van der Waals surface area contributed by atoms with E-state index in [1.54, 1.807) is 0 Å². The number of hydrogen-bond donors (Lipinski definition) is 0. The van der Waals surface area contributed by atoms with Crippen molar-refractivity contribution in [1.29, 1.82) is 0 Å². The van der Waals surface area contributed by atoms with Gasteiger partial charge in [-0.2, -0.15) is 0 Å². The van der Waals surface area contributed by atoms with Gasteiger partial charge in [-0.1, -0.05) is 67.0 Å². The van der Waals surface area contributed by atoms with Gasteiger partial charge in [0, 0.05) is 4.83 Å². The molecule has 0 spiro atoms. The number of rotatable bonds is 4. The van der Waals surface area contributed by atoms with Gasteiger partial charge in [0.2, 0.25) is 0 Å². The van der Waals surface area contributed by atoms with Gasteiger partial charge in [0.15, 0.2) is 0 Å². The van der Waals surface area contributed by atoms with Gasteiger partial charge >= 0.3 is 0 Å². The molecule has 112 valence electrons. The standard InChI is InChI=1S/C19H29Br/c1-19(2,3)17-12-13-18(20)16(14-17)11-7-10-15-8-5-4-6-9-15/h4-6,8-9,16-18H,7,10-14H2,1-3H3. The Morgan fingerprint density at radius 1 is 1.10 bits per heavy atom. The van der Waals surface area contributed by atoms with Crippen molar-refractivity contribution in [3.8, 4) is 0 Å². The van der Waals surface area contributed by atoms with Crippen LogP contribution in [0.3, 0.4) is 0 Å². The van der Waals surface area contributed by atoms with E-state index in [1.807, 2.05) is 0 Å². The molecule has 3 unspecified atom stereocenters. The first-order valence-corrected chi connectivity index (χ1v) is 9.06. The van der Waals surface area contributed by atoms with E-state index in [1.165, 1.54) is 44.1 Å². The fourth-order valence-electron chi connectivity index (χ4n) is 3.53. The van der Waals surface area contributed by atoms with Crippen molar-refractivity contribution in [2.75, 3.05) is 0 Å². The monoisotopic (exact) mass is 336 g/mol. The molecule has 0 nitrogen and oxygen atoms in total. The van der Waals surface area contributed by atoms with Crippen molar-refractivity contribution in [3.63, 3.8) is 0 Å². The summed E-state index contributed by atoms with van der Waals surface area (Å²) in [5.41, 5.74) is 1.96. The third-order valence-electron chi connectivity index (χ3n) is 5.00. The third-order valence-corrected chi connectivity index (χ3v) is 6.20. The maximum atomic E-state index is 3.94. The molecular formula is C19H29Br. The smallest absolute Gasteiger partial charge is 0.0174 e. The van der Waals surface area contributed by atoms with Gasteiger partial charge in [-0.3, -0.25) is 0 Å². The molecule has 1 aliphatic carbocycles. The molecule has 0 saturated heterocycles. The summed E-state index contributed by atoms with van der Waals surface area (Å²) in [6.07, 6.45) is 8.10. The van der Waals surface area contributed by atoms with Gasteiger partial charge in [0.05, 0.1) is 0 Å². The van der Waals surface area contributed by atoms with Crippen LogP contribution in [0.5, 0.6) is 0 Å². The second kappa shape index (κ2) is 7.11. The van der Waals surface area contributed by atoms with Gasteiger partial charge < -0.3 is 0 Å². The van der Waals surface area contributed by atoms with Crippen LogP contribution in [-0.2, 0) is 6.42 Å². The summed E-state index contributed by atoms with van der Waals surface area (Å²) in [7, 11) is 0. The zero-order chi connectivity index (χ0) is 14.6. The summed E-state index contributed by atoms with van der Waals surface area (Å²) in [4.78, 5) is 0.747. The highest BCUT2D eigenvalue weighted by Crippen LogP contribution is 2.44. The van der Waals surface area contributed by atoms with Crippen molar-refractivity contribution in [2.45, 2.75) is 64.1 Å². The van der Waals surface area contributed by atoms with Gasteiger partial charge in [0.1, 0.15) is 0 Å². The number of hydrogen-bond acceptors (Lipinski definition) is 0. The Morgan fingerprint density at radius 2 is 1.80 bits per heavy atom. The molecule has 0 aliphatic heterocycles.